The highest BCUT2D eigenvalue weighted by Gasteiger charge is 2.09. The van der Waals surface area contributed by atoms with E-state index in [1.807, 2.05) is 12.1 Å². The molecule has 0 aliphatic carbocycles. The van der Waals surface area contributed by atoms with Gasteiger partial charge in [0.15, 0.2) is 0 Å². The van der Waals surface area contributed by atoms with Gasteiger partial charge in [-0.25, -0.2) is 13.1 Å². The zero-order valence-corrected chi connectivity index (χ0v) is 12.1. The second-order valence-electron chi connectivity index (χ2n) is 3.57. The summed E-state index contributed by atoms with van der Waals surface area (Å²) >= 11 is 6.95. The lowest BCUT2D eigenvalue weighted by Gasteiger charge is -2.05. The lowest BCUT2D eigenvalue weighted by Crippen LogP contribution is -2.28. The standard InChI is InChI=1S/C11H15ClN2O2S2/c1-9(12)8-14-18(15,16)7-6-17-11-4-2-10(13)3-5-11/h2-5,14H,1,6-8,13H2. The molecule has 1 aromatic carbocycles. The Labute approximate surface area is 117 Å². The van der Waals surface area contributed by atoms with E-state index in [2.05, 4.69) is 11.3 Å². The van der Waals surface area contributed by atoms with Crippen molar-refractivity contribution in [3.05, 3.63) is 35.9 Å². The molecule has 1 rings (SSSR count). The molecule has 0 atom stereocenters. The zero-order valence-electron chi connectivity index (χ0n) is 9.73. The van der Waals surface area contributed by atoms with Gasteiger partial charge in [-0.3, -0.25) is 0 Å². The average Bonchev–Trinajstić information content (AvgIpc) is 2.29. The lowest BCUT2D eigenvalue weighted by atomic mass is 10.3. The summed E-state index contributed by atoms with van der Waals surface area (Å²) in [5.41, 5.74) is 6.25. The molecule has 4 nitrogen and oxygen atoms in total. The van der Waals surface area contributed by atoms with Gasteiger partial charge in [0.1, 0.15) is 0 Å². The van der Waals surface area contributed by atoms with Gasteiger partial charge in [-0.2, -0.15) is 0 Å². The second-order valence-corrected chi connectivity index (χ2v) is 7.20. The van der Waals surface area contributed by atoms with Crippen molar-refractivity contribution in [3.8, 4) is 0 Å². The molecule has 0 heterocycles. The van der Waals surface area contributed by atoms with Gasteiger partial charge in [-0.15, -0.1) is 11.8 Å². The van der Waals surface area contributed by atoms with Crippen molar-refractivity contribution in [2.45, 2.75) is 4.90 Å². The third kappa shape index (κ3) is 6.30. The number of anilines is 1. The highest BCUT2D eigenvalue weighted by Crippen LogP contribution is 2.19. The number of nitrogens with two attached hydrogens (primary N) is 1. The number of sulfonamides is 1. The van der Waals surface area contributed by atoms with Crippen LogP contribution in [0.15, 0.2) is 40.8 Å². The Morgan fingerprint density at radius 3 is 2.56 bits per heavy atom. The third-order valence-electron chi connectivity index (χ3n) is 1.98. The van der Waals surface area contributed by atoms with Gasteiger partial charge < -0.3 is 5.73 Å². The molecule has 0 aliphatic heterocycles. The summed E-state index contributed by atoms with van der Waals surface area (Å²) in [5, 5.41) is 0.268. The number of nitrogen functional groups attached to an aromatic ring is 1. The summed E-state index contributed by atoms with van der Waals surface area (Å²) in [4.78, 5) is 0.987. The molecule has 0 fully saturated rings. The summed E-state index contributed by atoms with van der Waals surface area (Å²) in [6.07, 6.45) is 0. The average molecular weight is 307 g/mol. The number of rotatable bonds is 7. The van der Waals surface area contributed by atoms with Crippen LogP contribution in [-0.4, -0.2) is 26.5 Å². The Balaban J connectivity index is 2.37. The molecule has 3 N–H and O–H groups in total. The van der Waals surface area contributed by atoms with Gasteiger partial charge in [0, 0.05) is 27.9 Å². The third-order valence-corrected chi connectivity index (χ3v) is 4.72. The van der Waals surface area contributed by atoms with Crippen LogP contribution in [0.2, 0.25) is 0 Å². The minimum absolute atomic E-state index is 0.0339. The predicted octanol–water partition coefficient (Wildman–Crippen LogP) is 2.03. The minimum atomic E-state index is -3.30. The van der Waals surface area contributed by atoms with Gasteiger partial charge >= 0.3 is 0 Å². The molecular formula is C11H15ClN2O2S2. The maximum atomic E-state index is 11.5. The number of halogens is 1. The molecule has 0 aliphatic rings. The van der Waals surface area contributed by atoms with E-state index in [1.54, 1.807) is 12.1 Å². The van der Waals surface area contributed by atoms with Crippen LogP contribution >= 0.6 is 23.4 Å². The summed E-state index contributed by atoms with van der Waals surface area (Å²) in [5.74, 6) is 0.500. The monoisotopic (exact) mass is 306 g/mol. The fourth-order valence-electron chi connectivity index (χ4n) is 1.09. The van der Waals surface area contributed by atoms with Crippen molar-refractivity contribution in [2.24, 2.45) is 0 Å². The molecule has 18 heavy (non-hydrogen) atoms. The summed E-state index contributed by atoms with van der Waals surface area (Å²) < 4.78 is 25.4. The molecule has 7 heteroatoms. The molecule has 0 saturated carbocycles. The zero-order chi connectivity index (χ0) is 13.6. The van der Waals surface area contributed by atoms with Crippen LogP contribution < -0.4 is 10.5 Å². The smallest absolute Gasteiger partial charge is 0.212 e. The Bertz CT molecular complexity index is 500. The molecule has 0 radical (unpaired) electrons. The van der Waals surface area contributed by atoms with E-state index < -0.39 is 10.0 Å². The van der Waals surface area contributed by atoms with Crippen molar-refractivity contribution in [1.29, 1.82) is 0 Å². The number of thioether (sulfide) groups is 1. The summed E-state index contributed by atoms with van der Waals surface area (Å²) in [7, 11) is -3.30. The van der Waals surface area contributed by atoms with Crippen LogP contribution in [0.3, 0.4) is 0 Å². The van der Waals surface area contributed by atoms with Gasteiger partial charge in [-0.1, -0.05) is 18.2 Å². The molecule has 100 valence electrons. The highest BCUT2D eigenvalue weighted by molar-refractivity contribution is 8.00. The normalized spacial score (nSPS) is 11.4. The molecule has 0 bridgehead atoms. The van der Waals surface area contributed by atoms with Crippen molar-refractivity contribution < 1.29 is 8.42 Å². The number of benzene rings is 1. The van der Waals surface area contributed by atoms with Crippen LogP contribution in [0.25, 0.3) is 0 Å². The first kappa shape index (κ1) is 15.4. The lowest BCUT2D eigenvalue weighted by molar-refractivity contribution is 0.587. The highest BCUT2D eigenvalue weighted by atomic mass is 35.5. The van der Waals surface area contributed by atoms with Gasteiger partial charge in [0.25, 0.3) is 0 Å². The van der Waals surface area contributed by atoms with Gasteiger partial charge in [0.2, 0.25) is 10.0 Å². The molecule has 0 amide bonds. The second kappa shape index (κ2) is 7.04. The molecule has 0 saturated heterocycles. The van der Waals surface area contributed by atoms with Crippen LogP contribution in [-0.2, 0) is 10.0 Å². The van der Waals surface area contributed by atoms with Crippen molar-refractivity contribution in [3.63, 3.8) is 0 Å². The van der Waals surface area contributed by atoms with Crippen LogP contribution in [0.4, 0.5) is 5.69 Å². The van der Waals surface area contributed by atoms with Gasteiger partial charge in [0.05, 0.1) is 5.75 Å². The molecule has 0 spiro atoms. The quantitative estimate of drug-likeness (QED) is 0.597. The first-order valence-electron chi connectivity index (χ1n) is 5.18. The summed E-state index contributed by atoms with van der Waals surface area (Å²) in [6, 6.07) is 7.29. The SMILES string of the molecule is C=C(Cl)CNS(=O)(=O)CCSc1ccc(N)cc1. The van der Waals surface area contributed by atoms with E-state index in [0.717, 1.165) is 4.90 Å². The van der Waals surface area contributed by atoms with E-state index in [1.165, 1.54) is 11.8 Å². The Kier molecular flexibility index (Phi) is 6.01. The fraction of sp³-hybridized carbons (Fsp3) is 0.273. The van der Waals surface area contributed by atoms with E-state index in [0.29, 0.717) is 11.4 Å². The molecule has 0 aromatic heterocycles. The van der Waals surface area contributed by atoms with Crippen LogP contribution in [0.1, 0.15) is 0 Å². The van der Waals surface area contributed by atoms with E-state index in [-0.39, 0.29) is 17.3 Å². The molecular weight excluding hydrogens is 292 g/mol. The number of hydrogen-bond donors (Lipinski definition) is 2. The molecule has 1 aromatic rings. The van der Waals surface area contributed by atoms with E-state index >= 15 is 0 Å². The van der Waals surface area contributed by atoms with Crippen molar-refractivity contribution in [2.75, 3.05) is 23.8 Å². The Hall–Kier alpha value is -0.690. The van der Waals surface area contributed by atoms with Crippen molar-refractivity contribution in [1.82, 2.24) is 4.72 Å². The first-order valence-corrected chi connectivity index (χ1v) is 8.19. The minimum Gasteiger partial charge on any atom is -0.399 e. The largest absolute Gasteiger partial charge is 0.399 e. The number of hydrogen-bond acceptors (Lipinski definition) is 4. The predicted molar refractivity (Wildman–Crippen MR) is 78.4 cm³/mol. The van der Waals surface area contributed by atoms with Crippen molar-refractivity contribution >= 4 is 39.1 Å². The Morgan fingerprint density at radius 1 is 1.39 bits per heavy atom. The summed E-state index contributed by atoms with van der Waals surface area (Å²) in [6.45, 7) is 3.48. The Morgan fingerprint density at radius 2 is 2.00 bits per heavy atom. The van der Waals surface area contributed by atoms with E-state index in [9.17, 15) is 8.42 Å². The molecule has 0 unspecified atom stereocenters. The number of nitrogens with one attached hydrogen (secondary N) is 1. The first-order chi connectivity index (χ1) is 8.39. The van der Waals surface area contributed by atoms with Crippen LogP contribution in [0.5, 0.6) is 0 Å². The maximum Gasteiger partial charge on any atom is 0.212 e. The van der Waals surface area contributed by atoms with E-state index in [4.69, 9.17) is 17.3 Å². The fourth-order valence-corrected chi connectivity index (χ4v) is 3.55. The van der Waals surface area contributed by atoms with Gasteiger partial charge in [-0.05, 0) is 24.3 Å². The topological polar surface area (TPSA) is 72.2 Å². The van der Waals surface area contributed by atoms with Crippen LogP contribution in [0, 0.1) is 0 Å². The maximum absolute atomic E-state index is 11.5.